The molecule has 119 heavy (non-hydrogen) atoms. The molecule has 21 rings (SSSR count). The fourth-order valence-corrected chi connectivity index (χ4v) is 204. The molecular formula is C88H70ClN6O7P17. The topological polar surface area (TPSA) is 158 Å². The van der Waals surface area contributed by atoms with Gasteiger partial charge in [-0.3, -0.25) is 4.79 Å². The number of hydrogen-bond donors (Lipinski definition) is 0. The fraction of sp³-hybridized carbons (Fsp3) is 0.0114. The number of fused-ring (bicyclic) bond motifs is 17. The highest BCUT2D eigenvalue weighted by Gasteiger charge is 2.61. The molecule has 3 aliphatic carbocycles. The van der Waals surface area contributed by atoms with E-state index in [4.69, 9.17) is 69.3 Å². The molecule has 0 fully saturated rings. The van der Waals surface area contributed by atoms with Gasteiger partial charge in [-0.2, -0.15) is 0 Å². The summed E-state index contributed by atoms with van der Waals surface area (Å²) in [5.74, 6) is 8.98. The number of halogens is 1. The maximum atomic E-state index is 13.0. The number of carbonyl (C=O) groups is 1. The summed E-state index contributed by atoms with van der Waals surface area (Å²) >= 11 is 6.19. The van der Waals surface area contributed by atoms with E-state index >= 15 is 0 Å². The van der Waals surface area contributed by atoms with Gasteiger partial charge in [-0.1, -0.05) is 275 Å². The van der Waals surface area contributed by atoms with E-state index in [1.165, 1.54) is 0 Å². The molecule has 13 atom stereocenters. The van der Waals surface area contributed by atoms with Gasteiger partial charge in [0.25, 0.3) is 0 Å². The van der Waals surface area contributed by atoms with Crippen LogP contribution in [0.2, 0.25) is 5.22 Å². The fourth-order valence-electron chi connectivity index (χ4n) is 15.1. The monoisotopic (exact) mass is 1880 g/mol. The Morgan fingerprint density at radius 1 is 0.336 bits per heavy atom. The summed E-state index contributed by atoms with van der Waals surface area (Å²) in [6.45, 7) is 0.911. The minimum atomic E-state index is -0.920. The maximum Gasteiger partial charge on any atom is 0.205 e. The van der Waals surface area contributed by atoms with Crippen LogP contribution >= 0.6 is 149 Å². The van der Waals surface area contributed by atoms with Gasteiger partial charge in [0.2, 0.25) is 5.22 Å². The summed E-state index contributed by atoms with van der Waals surface area (Å²) < 4.78 is 37.6. The zero-order chi connectivity index (χ0) is 81.6. The molecule has 12 aromatic carbocycles. The molecule has 13 nitrogen and oxygen atoms in total. The second kappa shape index (κ2) is 36.9. The van der Waals surface area contributed by atoms with Crippen molar-refractivity contribution >= 4 is 188 Å². The molecule has 1 spiro atoms. The number of carbonyl (C=O) groups excluding carboxylic acids is 1. The number of allylic oxidation sites excluding steroid dienone is 1. The first-order chi connectivity index (χ1) is 58.1. The van der Waals surface area contributed by atoms with Crippen LogP contribution < -0.4 is 18.9 Å². The van der Waals surface area contributed by atoms with Crippen LogP contribution in [0.25, 0.3) is 124 Å². The van der Waals surface area contributed by atoms with Crippen LogP contribution in [0.15, 0.2) is 324 Å². The van der Waals surface area contributed by atoms with Crippen LogP contribution in [-0.2, 0) is 5.41 Å². The number of furan rings is 2. The summed E-state index contributed by atoms with van der Waals surface area (Å²) in [4.78, 5) is 42.7. The second-order valence-corrected chi connectivity index (χ2v) is 91.9. The number of nitrogens with zero attached hydrogens (tertiary/aromatic N) is 6. The lowest BCUT2D eigenvalue weighted by molar-refractivity contribution is 0.104. The third-order valence-corrected chi connectivity index (χ3v) is 123. The summed E-state index contributed by atoms with van der Waals surface area (Å²) in [6.07, 6.45) is 1.55. The first kappa shape index (κ1) is 83.6. The van der Waals surface area contributed by atoms with Gasteiger partial charge in [0, 0.05) is 60.8 Å². The van der Waals surface area contributed by atoms with Crippen molar-refractivity contribution in [3.05, 3.63) is 360 Å². The molecule has 16 aromatic rings. The third-order valence-electron chi connectivity index (χ3n) is 20.1. The largest absolute Gasteiger partial charge is 0.458 e. The van der Waals surface area contributed by atoms with E-state index in [-0.39, 0.29) is 54.7 Å². The second-order valence-electron chi connectivity index (χ2n) is 27.2. The SMILES string of the molecule is Clc1oc2ccccc2c1C1=COc2ccccc2O1.O=C1c2ccccc2-c2c1cccc2-c1nc(-c2ccccc2)nc(-c2ccccc2)n1.PPP(P(P)P)P(P(P)P)P(P(P)P)P(P)P.c1ccc(-c2nc(-c3ccccc3)nc(-c3cccc4c3-c3ccccc3C43C4=C(Oc5ccccc5O4)c4c3oc3ccccc43)n2)cc1. The van der Waals surface area contributed by atoms with Gasteiger partial charge in [-0.05, 0) is 125 Å². The van der Waals surface area contributed by atoms with Crippen molar-refractivity contribution in [2.75, 3.05) is 0 Å². The Balaban J connectivity index is 0.000000121. The molecule has 31 heteroatoms. The van der Waals surface area contributed by atoms with Crippen molar-refractivity contribution in [2.45, 2.75) is 5.41 Å². The Labute approximate surface area is 723 Å². The predicted octanol–water partition coefficient (Wildman–Crippen LogP) is 30.6. The van der Waals surface area contributed by atoms with Gasteiger partial charge in [0.05, 0.1) is 11.1 Å². The number of ether oxygens (including phenoxy) is 4. The van der Waals surface area contributed by atoms with Crippen molar-refractivity contribution in [3.63, 3.8) is 0 Å². The molecule has 0 bridgehead atoms. The summed E-state index contributed by atoms with van der Waals surface area (Å²) in [6, 6.07) is 99.2. The zero-order valence-corrected chi connectivity index (χ0v) is 81.1. The van der Waals surface area contributed by atoms with Crippen LogP contribution in [0, 0.1) is 0 Å². The number of hydrogen-bond acceptors (Lipinski definition) is 13. The molecule has 6 heterocycles. The standard InChI is InChI=1S/C44H25N3O3.C28H17N3O.C16H9ClO3.H19P17/c1-3-14-26(15-4-1)41-45-42(27-16-5-2-6-17-27)47-43(46-41)30-20-13-22-32-36(30)28-18-7-9-21-31(28)44(32)39-37(29-19-8-10-23-33(29)49-39)38-40(44)50-35-25-12-11-24-34(35)48-38;32-25-21-15-8-7-14-20(21)24-22(25)16-9-17-23(24)28-30-26(18-10-3-1-4-11-18)29-27(31-28)19-12-5-2-6-13-19;17-16-15(10-5-1-2-6-11(10)20-16)14-9-18-12-7-3-4-8-13(12)19-14;1-10-15(11(2)3)17(14(8)9)16(12(4)5)13(6)7/h1-25H;1-17H;1-9H;10H,1-9H2. The highest BCUT2D eigenvalue weighted by atomic mass is 35.5. The van der Waals surface area contributed by atoms with E-state index in [0.717, 1.165) is 114 Å². The number of aromatic nitrogens is 6. The molecule has 586 valence electrons. The van der Waals surface area contributed by atoms with Crippen molar-refractivity contribution in [1.29, 1.82) is 0 Å². The molecule has 5 aliphatic rings. The van der Waals surface area contributed by atoms with Gasteiger partial charge in [-0.15, -0.1) is 80.4 Å². The number of rotatable bonds is 14. The lowest BCUT2D eigenvalue weighted by atomic mass is 9.76. The smallest absolute Gasteiger partial charge is 0.205 e. The summed E-state index contributed by atoms with van der Waals surface area (Å²) in [5, 5.41) is 2.17. The zero-order valence-electron chi connectivity index (χ0n) is 62.7. The number of ketones is 1. The first-order valence-corrected chi connectivity index (χ1v) is 67.6. The maximum absolute atomic E-state index is 13.0. The van der Waals surface area contributed by atoms with E-state index in [0.29, 0.717) is 91.6 Å². The Kier molecular flexibility index (Phi) is 25.9. The van der Waals surface area contributed by atoms with Crippen molar-refractivity contribution in [2.24, 2.45) is 0 Å². The van der Waals surface area contributed by atoms with Crippen molar-refractivity contribution in [3.8, 4) is 114 Å². The average Bonchev–Trinajstić information content (AvgIpc) is 1.49. The summed E-state index contributed by atoms with van der Waals surface area (Å²) in [5.41, 5.74) is 15.0. The van der Waals surface area contributed by atoms with Crippen LogP contribution in [0.3, 0.4) is 0 Å². The number of benzene rings is 12. The van der Waals surface area contributed by atoms with E-state index in [2.05, 4.69) is 129 Å². The molecule has 0 N–H and O–H groups in total. The molecule has 4 aromatic heterocycles. The number of para-hydroxylation sites is 6. The van der Waals surface area contributed by atoms with Gasteiger partial charge < -0.3 is 27.8 Å². The Morgan fingerprint density at radius 3 is 1.27 bits per heavy atom. The molecule has 0 saturated carbocycles. The first-order valence-electron chi connectivity index (χ1n) is 37.0. The highest BCUT2D eigenvalue weighted by molar-refractivity contribution is 9.31. The van der Waals surface area contributed by atoms with Crippen LogP contribution in [-0.4, -0.2) is 35.7 Å². The lowest BCUT2D eigenvalue weighted by Gasteiger charge is -2.41. The van der Waals surface area contributed by atoms with Crippen LogP contribution in [0.5, 0.6) is 23.0 Å². The quantitative estimate of drug-likeness (QED) is 0.0948. The minimum Gasteiger partial charge on any atom is -0.458 e. The highest BCUT2D eigenvalue weighted by Crippen LogP contribution is 3.26. The molecule has 0 saturated heterocycles. The Morgan fingerprint density at radius 2 is 0.739 bits per heavy atom. The van der Waals surface area contributed by atoms with E-state index < -0.39 is 5.41 Å². The summed E-state index contributed by atoms with van der Waals surface area (Å²) in [7, 11) is 29.0. The van der Waals surface area contributed by atoms with Gasteiger partial charge in [0.15, 0.2) is 81.0 Å². The minimum absolute atomic E-state index is 0.0399. The van der Waals surface area contributed by atoms with E-state index in [1.807, 2.05) is 255 Å². The van der Waals surface area contributed by atoms with E-state index in [1.54, 1.807) is 6.26 Å². The normalized spacial score (nSPS) is 14.7. The van der Waals surface area contributed by atoms with Crippen LogP contribution in [0.4, 0.5) is 0 Å². The third kappa shape index (κ3) is 16.4. The van der Waals surface area contributed by atoms with Gasteiger partial charge >= 0.3 is 0 Å². The Hall–Kier alpha value is -6.31. The van der Waals surface area contributed by atoms with Crippen molar-refractivity contribution in [1.82, 2.24) is 29.9 Å². The van der Waals surface area contributed by atoms with Gasteiger partial charge in [0.1, 0.15) is 28.6 Å². The molecule has 2 aliphatic heterocycles. The molecular weight excluding hydrogens is 1820 g/mol. The average molecular weight is 1890 g/mol. The van der Waals surface area contributed by atoms with Gasteiger partial charge in [-0.25, -0.2) is 29.9 Å². The molecule has 13 unspecified atom stereocenters. The van der Waals surface area contributed by atoms with E-state index in [9.17, 15) is 4.79 Å². The Bertz CT molecular complexity index is 6520. The predicted molar refractivity (Wildman–Crippen MR) is 538 cm³/mol. The van der Waals surface area contributed by atoms with Crippen molar-refractivity contribution < 1.29 is 32.6 Å². The molecule has 0 radical (unpaired) electrons. The molecule has 0 amide bonds. The van der Waals surface area contributed by atoms with Crippen LogP contribution in [0.1, 0.15) is 43.9 Å². The lowest BCUT2D eigenvalue weighted by Crippen LogP contribution is -2.31.